The molecule has 1 heterocycles. The molecule has 1 amide bonds. The summed E-state index contributed by atoms with van der Waals surface area (Å²) in [5.41, 5.74) is 12.0. The van der Waals surface area contributed by atoms with Crippen molar-refractivity contribution in [1.82, 2.24) is 0 Å². The van der Waals surface area contributed by atoms with Crippen LogP contribution in [-0.4, -0.2) is 12.1 Å². The molecule has 0 atom stereocenters. The molecule has 3 rings (SSSR count). The van der Waals surface area contributed by atoms with Crippen LogP contribution < -0.4 is 11.1 Å². The zero-order valence-corrected chi connectivity index (χ0v) is 14.9. The van der Waals surface area contributed by atoms with Crippen molar-refractivity contribution in [3.8, 4) is 11.1 Å². The monoisotopic (exact) mass is 343 g/mol. The Labute approximate surface area is 153 Å². The lowest BCUT2D eigenvalue weighted by atomic mass is 10.00. The second-order valence-electron chi connectivity index (χ2n) is 6.16. The summed E-state index contributed by atoms with van der Waals surface area (Å²) in [6.45, 7) is 3.97. The van der Waals surface area contributed by atoms with Gasteiger partial charge in [-0.2, -0.15) is 0 Å². The minimum Gasteiger partial charge on any atom is -0.399 e. The van der Waals surface area contributed by atoms with E-state index in [9.17, 15) is 4.79 Å². The van der Waals surface area contributed by atoms with Gasteiger partial charge in [0.1, 0.15) is 5.70 Å². The van der Waals surface area contributed by atoms with E-state index in [0.29, 0.717) is 5.70 Å². The predicted octanol–water partition coefficient (Wildman–Crippen LogP) is 4.57. The van der Waals surface area contributed by atoms with Crippen LogP contribution in [0.2, 0.25) is 0 Å². The van der Waals surface area contributed by atoms with Crippen molar-refractivity contribution < 1.29 is 4.79 Å². The van der Waals surface area contributed by atoms with Gasteiger partial charge >= 0.3 is 0 Å². The Balaban J connectivity index is 1.81. The minimum absolute atomic E-state index is 0.236. The van der Waals surface area contributed by atoms with Crippen molar-refractivity contribution in [2.24, 2.45) is 4.99 Å². The van der Waals surface area contributed by atoms with E-state index in [0.717, 1.165) is 33.6 Å². The fraction of sp³-hybridized carbons (Fsp3) is 0.0909. The SMILES string of the molecule is Cc1cc(-c2ccc(NC(=O)C3=C/C=C\C=C/C=N\3)c(C)c2)ccc1N. The smallest absolute Gasteiger partial charge is 0.274 e. The maximum Gasteiger partial charge on any atom is 0.274 e. The maximum atomic E-state index is 12.5. The summed E-state index contributed by atoms with van der Waals surface area (Å²) in [6, 6.07) is 11.9. The molecule has 1 aliphatic heterocycles. The lowest BCUT2D eigenvalue weighted by Crippen LogP contribution is -2.14. The van der Waals surface area contributed by atoms with E-state index in [4.69, 9.17) is 5.73 Å². The van der Waals surface area contributed by atoms with Gasteiger partial charge in [0.05, 0.1) is 0 Å². The highest BCUT2D eigenvalue weighted by Crippen LogP contribution is 2.27. The summed E-state index contributed by atoms with van der Waals surface area (Å²) >= 11 is 0. The second kappa shape index (κ2) is 7.66. The van der Waals surface area contributed by atoms with Gasteiger partial charge in [0, 0.05) is 17.6 Å². The van der Waals surface area contributed by atoms with Crippen molar-refractivity contribution in [3.63, 3.8) is 0 Å². The number of carbonyl (C=O) groups excluding carboxylic acids is 1. The standard InChI is InChI=1S/C22H21N3O/c1-15-13-17(8-10-19(15)23)18-9-11-20(16(2)14-18)25-22(26)21-7-5-3-4-6-12-24-21/h3-14H,23H2,1-2H3,(H,25,26)/b4-3?,5-3-,6-4-,7-5?,12-6?,21-7-,24-12-,24-21?. The largest absolute Gasteiger partial charge is 0.399 e. The molecule has 0 fully saturated rings. The number of carbonyl (C=O) groups is 1. The summed E-state index contributed by atoms with van der Waals surface area (Å²) in [7, 11) is 0. The van der Waals surface area contributed by atoms with E-state index in [1.807, 2.05) is 50.3 Å². The first-order chi connectivity index (χ1) is 12.5. The number of nitrogens with zero attached hydrogens (tertiary/aromatic N) is 1. The molecular weight excluding hydrogens is 322 g/mol. The van der Waals surface area contributed by atoms with E-state index < -0.39 is 0 Å². The van der Waals surface area contributed by atoms with Gasteiger partial charge in [-0.1, -0.05) is 30.4 Å². The molecule has 0 aromatic heterocycles. The molecule has 0 spiro atoms. The first-order valence-corrected chi connectivity index (χ1v) is 8.41. The quantitative estimate of drug-likeness (QED) is 0.802. The molecule has 0 radical (unpaired) electrons. The number of benzene rings is 2. The van der Waals surface area contributed by atoms with E-state index in [1.54, 1.807) is 24.4 Å². The van der Waals surface area contributed by atoms with Gasteiger partial charge in [-0.25, -0.2) is 0 Å². The van der Waals surface area contributed by atoms with E-state index in [1.165, 1.54) is 0 Å². The van der Waals surface area contributed by atoms with E-state index in [2.05, 4.69) is 22.4 Å². The van der Waals surface area contributed by atoms with Crippen LogP contribution in [0.1, 0.15) is 11.1 Å². The van der Waals surface area contributed by atoms with Crippen LogP contribution in [0.15, 0.2) is 77.5 Å². The maximum absolute atomic E-state index is 12.5. The molecule has 4 nitrogen and oxygen atoms in total. The fourth-order valence-corrected chi connectivity index (χ4v) is 2.65. The van der Waals surface area contributed by atoms with Crippen LogP contribution in [0.25, 0.3) is 11.1 Å². The Hall–Kier alpha value is -3.40. The van der Waals surface area contributed by atoms with Gasteiger partial charge in [-0.3, -0.25) is 9.79 Å². The topological polar surface area (TPSA) is 67.5 Å². The molecule has 26 heavy (non-hydrogen) atoms. The van der Waals surface area contributed by atoms with Crippen LogP contribution >= 0.6 is 0 Å². The molecule has 0 saturated carbocycles. The summed E-state index contributed by atoms with van der Waals surface area (Å²) in [6.07, 6.45) is 10.6. The summed E-state index contributed by atoms with van der Waals surface area (Å²) in [5, 5.41) is 2.93. The van der Waals surface area contributed by atoms with Crippen molar-refractivity contribution in [2.75, 3.05) is 11.1 Å². The zero-order valence-electron chi connectivity index (χ0n) is 14.9. The van der Waals surface area contributed by atoms with Crippen LogP contribution in [0.4, 0.5) is 11.4 Å². The summed E-state index contributed by atoms with van der Waals surface area (Å²) in [5.74, 6) is -0.236. The van der Waals surface area contributed by atoms with E-state index in [-0.39, 0.29) is 5.91 Å². The molecule has 4 heteroatoms. The number of aliphatic imine (C=N–C) groups is 1. The average Bonchev–Trinajstić information content (AvgIpc) is 2.58. The molecule has 0 bridgehead atoms. The third kappa shape index (κ3) is 3.98. The minimum atomic E-state index is -0.236. The lowest BCUT2D eigenvalue weighted by molar-refractivity contribution is -0.112. The van der Waals surface area contributed by atoms with Crippen molar-refractivity contribution in [3.05, 3.63) is 83.6 Å². The Bertz CT molecular complexity index is 965. The molecule has 0 saturated heterocycles. The lowest BCUT2D eigenvalue weighted by Gasteiger charge is -2.11. The average molecular weight is 343 g/mol. The number of amides is 1. The zero-order chi connectivity index (χ0) is 18.5. The second-order valence-corrected chi connectivity index (χ2v) is 6.16. The third-order valence-corrected chi connectivity index (χ3v) is 4.20. The first-order valence-electron chi connectivity index (χ1n) is 8.41. The molecule has 0 aliphatic carbocycles. The van der Waals surface area contributed by atoms with Crippen molar-refractivity contribution in [1.29, 1.82) is 0 Å². The Kier molecular flexibility index (Phi) is 5.13. The Morgan fingerprint density at radius 2 is 1.62 bits per heavy atom. The first kappa shape index (κ1) is 17.4. The Morgan fingerprint density at radius 1 is 0.923 bits per heavy atom. The molecule has 3 N–H and O–H groups in total. The van der Waals surface area contributed by atoms with Gasteiger partial charge in [0.25, 0.3) is 5.91 Å². The van der Waals surface area contributed by atoms with Gasteiger partial charge in [-0.05, 0) is 72.5 Å². The van der Waals surface area contributed by atoms with Gasteiger partial charge in [0.2, 0.25) is 0 Å². The van der Waals surface area contributed by atoms with Gasteiger partial charge < -0.3 is 11.1 Å². The number of allylic oxidation sites excluding steroid dienone is 5. The van der Waals surface area contributed by atoms with Crippen LogP contribution in [0, 0.1) is 13.8 Å². The van der Waals surface area contributed by atoms with Crippen molar-refractivity contribution >= 4 is 23.5 Å². The number of hydrogen-bond acceptors (Lipinski definition) is 3. The molecule has 0 unspecified atom stereocenters. The number of nitrogens with two attached hydrogens (primary N) is 1. The van der Waals surface area contributed by atoms with Crippen LogP contribution in [0.5, 0.6) is 0 Å². The molecular formula is C22H21N3O. The highest BCUT2D eigenvalue weighted by Gasteiger charge is 2.10. The molecule has 2 aromatic rings. The number of hydrogen-bond donors (Lipinski definition) is 2. The molecule has 2 aromatic carbocycles. The highest BCUT2D eigenvalue weighted by molar-refractivity contribution is 6.05. The molecule has 1 aliphatic rings. The van der Waals surface area contributed by atoms with Crippen molar-refractivity contribution in [2.45, 2.75) is 13.8 Å². The number of rotatable bonds is 3. The van der Waals surface area contributed by atoms with Gasteiger partial charge in [-0.15, -0.1) is 0 Å². The van der Waals surface area contributed by atoms with Gasteiger partial charge in [0.15, 0.2) is 0 Å². The van der Waals surface area contributed by atoms with Crippen LogP contribution in [0.3, 0.4) is 0 Å². The molecule has 130 valence electrons. The number of aryl methyl sites for hydroxylation is 2. The third-order valence-electron chi connectivity index (χ3n) is 4.20. The van der Waals surface area contributed by atoms with Crippen LogP contribution in [-0.2, 0) is 4.79 Å². The number of anilines is 2. The number of nitrogen functional groups attached to an aromatic ring is 1. The number of nitrogens with one attached hydrogen (secondary N) is 1. The summed E-state index contributed by atoms with van der Waals surface area (Å²) in [4.78, 5) is 16.6. The van der Waals surface area contributed by atoms with E-state index >= 15 is 0 Å². The highest BCUT2D eigenvalue weighted by atomic mass is 16.2. The summed E-state index contributed by atoms with van der Waals surface area (Å²) < 4.78 is 0. The normalized spacial score (nSPS) is 18.8. The Morgan fingerprint density at radius 3 is 2.35 bits per heavy atom. The predicted molar refractivity (Wildman–Crippen MR) is 109 cm³/mol. The fourth-order valence-electron chi connectivity index (χ4n) is 2.65.